The summed E-state index contributed by atoms with van der Waals surface area (Å²) in [6.07, 6.45) is 2.64. The first kappa shape index (κ1) is 20.6. The third-order valence-corrected chi connectivity index (χ3v) is 5.41. The number of likely N-dealkylation sites (tertiary alicyclic amines) is 1. The highest BCUT2D eigenvalue weighted by Gasteiger charge is 2.15. The van der Waals surface area contributed by atoms with Gasteiger partial charge in [0.2, 0.25) is 5.91 Å². The summed E-state index contributed by atoms with van der Waals surface area (Å²) in [7, 11) is 0. The lowest BCUT2D eigenvalue weighted by molar-refractivity contribution is -0.901. The molecule has 28 heavy (non-hydrogen) atoms. The highest BCUT2D eigenvalue weighted by Crippen LogP contribution is 2.20. The summed E-state index contributed by atoms with van der Waals surface area (Å²) >= 11 is 11.8. The molecule has 0 spiro atoms. The molecule has 0 saturated carbocycles. The van der Waals surface area contributed by atoms with Crippen molar-refractivity contribution in [3.63, 3.8) is 0 Å². The molecule has 0 aliphatic carbocycles. The number of carbonyl (C=O) groups excluding carboxylic acids is 2. The molecule has 1 aliphatic heterocycles. The lowest BCUT2D eigenvalue weighted by atomic mass is 10.1. The first-order valence-corrected chi connectivity index (χ1v) is 10.2. The molecule has 3 N–H and O–H groups in total. The number of hydrogen-bond acceptors (Lipinski definition) is 2. The van der Waals surface area contributed by atoms with Crippen molar-refractivity contribution in [2.45, 2.75) is 25.9 Å². The van der Waals surface area contributed by atoms with E-state index in [4.69, 9.17) is 23.2 Å². The minimum atomic E-state index is -0.411. The van der Waals surface area contributed by atoms with Crippen LogP contribution in [0.1, 0.15) is 34.3 Å². The highest BCUT2D eigenvalue weighted by atomic mass is 35.5. The van der Waals surface area contributed by atoms with Crippen molar-refractivity contribution in [2.24, 2.45) is 0 Å². The first-order chi connectivity index (χ1) is 13.5. The second-order valence-corrected chi connectivity index (χ2v) is 7.88. The highest BCUT2D eigenvalue weighted by molar-refractivity contribution is 6.36. The van der Waals surface area contributed by atoms with Gasteiger partial charge in [0.1, 0.15) is 6.54 Å². The summed E-state index contributed by atoms with van der Waals surface area (Å²) in [6, 6.07) is 12.9. The van der Waals surface area contributed by atoms with Gasteiger partial charge in [-0.05, 0) is 23.8 Å². The number of quaternary nitrogens is 1. The van der Waals surface area contributed by atoms with Gasteiger partial charge < -0.3 is 15.5 Å². The van der Waals surface area contributed by atoms with Crippen LogP contribution in [0, 0.1) is 0 Å². The fraction of sp³-hybridized carbons (Fsp3) is 0.333. The third kappa shape index (κ3) is 5.96. The molecule has 1 fully saturated rings. The number of amides is 2. The van der Waals surface area contributed by atoms with Gasteiger partial charge in [-0.25, -0.2) is 0 Å². The molecular weight excluding hydrogens is 397 g/mol. The van der Waals surface area contributed by atoms with Crippen molar-refractivity contribution in [3.05, 3.63) is 69.2 Å². The molecule has 0 unspecified atom stereocenters. The van der Waals surface area contributed by atoms with Crippen LogP contribution in [0.25, 0.3) is 0 Å². The fourth-order valence-electron chi connectivity index (χ4n) is 3.31. The summed E-state index contributed by atoms with van der Waals surface area (Å²) in [6.45, 7) is 3.88. The Morgan fingerprint density at radius 3 is 2.29 bits per heavy atom. The number of nitrogens with one attached hydrogen (secondary N) is 3. The maximum Gasteiger partial charge on any atom is 0.253 e. The van der Waals surface area contributed by atoms with Gasteiger partial charge in [0.05, 0.1) is 30.2 Å². The molecule has 0 aromatic heterocycles. The second kappa shape index (κ2) is 9.92. The summed E-state index contributed by atoms with van der Waals surface area (Å²) in [5, 5.41) is 6.07. The van der Waals surface area contributed by atoms with Crippen molar-refractivity contribution in [3.8, 4) is 0 Å². The molecular formula is C21H24Cl2N3O2+. The number of rotatable bonds is 7. The van der Waals surface area contributed by atoms with E-state index in [1.165, 1.54) is 43.6 Å². The standard InChI is InChI=1S/C21H23Cl2N3O2/c22-17-7-8-18(19(23)11-17)21(28)25-13-20(27)24-12-15-3-5-16(6-4-15)14-26-9-1-2-10-26/h3-8,11H,1-2,9-10,12-14H2,(H,24,27)(H,25,28)/p+1. The van der Waals surface area contributed by atoms with Crippen LogP contribution in [-0.4, -0.2) is 31.4 Å². The predicted molar refractivity (Wildman–Crippen MR) is 111 cm³/mol. The van der Waals surface area contributed by atoms with Gasteiger partial charge in [-0.1, -0.05) is 47.5 Å². The first-order valence-electron chi connectivity index (χ1n) is 9.42. The van der Waals surface area contributed by atoms with E-state index in [2.05, 4.69) is 22.8 Å². The number of carbonyl (C=O) groups is 2. The third-order valence-electron chi connectivity index (χ3n) is 4.86. The van der Waals surface area contributed by atoms with E-state index in [1.54, 1.807) is 11.0 Å². The molecule has 3 rings (SSSR count). The topological polar surface area (TPSA) is 62.6 Å². The van der Waals surface area contributed by atoms with Crippen LogP contribution in [0.15, 0.2) is 42.5 Å². The van der Waals surface area contributed by atoms with Crippen molar-refractivity contribution >= 4 is 35.0 Å². The van der Waals surface area contributed by atoms with E-state index in [0.29, 0.717) is 11.6 Å². The Morgan fingerprint density at radius 2 is 1.61 bits per heavy atom. The smallest absolute Gasteiger partial charge is 0.253 e. The SMILES string of the molecule is O=C(CNC(=O)c1ccc(Cl)cc1Cl)NCc1ccc(C[NH+]2CCCC2)cc1. The minimum Gasteiger partial charge on any atom is -0.350 e. The van der Waals surface area contributed by atoms with Crippen LogP contribution in [-0.2, 0) is 17.9 Å². The monoisotopic (exact) mass is 420 g/mol. The van der Waals surface area contributed by atoms with E-state index in [9.17, 15) is 9.59 Å². The Morgan fingerprint density at radius 1 is 0.929 bits per heavy atom. The van der Waals surface area contributed by atoms with Gasteiger partial charge in [-0.3, -0.25) is 9.59 Å². The Labute approximate surface area is 175 Å². The van der Waals surface area contributed by atoms with Gasteiger partial charge in [-0.2, -0.15) is 0 Å². The zero-order valence-electron chi connectivity index (χ0n) is 15.6. The van der Waals surface area contributed by atoms with Crippen molar-refractivity contribution in [1.82, 2.24) is 10.6 Å². The minimum absolute atomic E-state index is 0.117. The number of halogens is 2. The molecule has 7 heteroatoms. The lowest BCUT2D eigenvalue weighted by Crippen LogP contribution is -3.08. The van der Waals surface area contributed by atoms with E-state index < -0.39 is 5.91 Å². The normalized spacial score (nSPS) is 14.1. The van der Waals surface area contributed by atoms with Gasteiger partial charge >= 0.3 is 0 Å². The van der Waals surface area contributed by atoms with Crippen molar-refractivity contribution < 1.29 is 14.5 Å². The summed E-state index contributed by atoms with van der Waals surface area (Å²) in [5.74, 6) is -0.672. The van der Waals surface area contributed by atoms with Crippen LogP contribution in [0.2, 0.25) is 10.0 Å². The predicted octanol–water partition coefficient (Wildman–Crippen LogP) is 2.22. The molecule has 1 heterocycles. The van der Waals surface area contributed by atoms with Crippen molar-refractivity contribution in [1.29, 1.82) is 0 Å². The van der Waals surface area contributed by atoms with Gasteiger partial charge in [0.15, 0.2) is 0 Å². The van der Waals surface area contributed by atoms with Crippen LogP contribution in [0.5, 0.6) is 0 Å². The number of hydrogen-bond donors (Lipinski definition) is 3. The van der Waals surface area contributed by atoms with E-state index >= 15 is 0 Å². The molecule has 1 aliphatic rings. The Bertz CT molecular complexity index is 834. The van der Waals surface area contributed by atoms with Crippen LogP contribution < -0.4 is 15.5 Å². The summed E-state index contributed by atoms with van der Waals surface area (Å²) in [5.41, 5.74) is 2.63. The average Bonchev–Trinajstić information content (AvgIpc) is 3.18. The summed E-state index contributed by atoms with van der Waals surface area (Å²) in [4.78, 5) is 25.8. The fourth-order valence-corrected chi connectivity index (χ4v) is 3.80. The maximum atomic E-state index is 12.1. The Balaban J connectivity index is 1.41. The lowest BCUT2D eigenvalue weighted by Gasteiger charge is -2.12. The molecule has 5 nitrogen and oxygen atoms in total. The second-order valence-electron chi connectivity index (χ2n) is 7.03. The van der Waals surface area contributed by atoms with Gasteiger partial charge in [-0.15, -0.1) is 0 Å². The molecule has 0 bridgehead atoms. The van der Waals surface area contributed by atoms with Crippen molar-refractivity contribution in [2.75, 3.05) is 19.6 Å². The molecule has 1 saturated heterocycles. The largest absolute Gasteiger partial charge is 0.350 e. The van der Waals surface area contributed by atoms with Crippen LogP contribution in [0.3, 0.4) is 0 Å². The average molecular weight is 421 g/mol. The maximum absolute atomic E-state index is 12.1. The van der Waals surface area contributed by atoms with E-state index in [-0.39, 0.29) is 23.0 Å². The molecule has 0 radical (unpaired) electrons. The molecule has 148 valence electrons. The van der Waals surface area contributed by atoms with Gasteiger partial charge in [0.25, 0.3) is 5.91 Å². The van der Waals surface area contributed by atoms with E-state index in [1.807, 2.05) is 12.1 Å². The zero-order valence-corrected chi connectivity index (χ0v) is 17.1. The van der Waals surface area contributed by atoms with Crippen LogP contribution >= 0.6 is 23.2 Å². The molecule has 2 amide bonds. The molecule has 0 atom stereocenters. The van der Waals surface area contributed by atoms with E-state index in [0.717, 1.165) is 12.1 Å². The Hall–Kier alpha value is -2.08. The van der Waals surface area contributed by atoms with Gasteiger partial charge in [0, 0.05) is 30.0 Å². The Kier molecular flexibility index (Phi) is 7.31. The number of benzene rings is 2. The molecule has 2 aromatic rings. The quantitative estimate of drug-likeness (QED) is 0.642. The zero-order chi connectivity index (χ0) is 19.9. The molecule has 2 aromatic carbocycles. The van der Waals surface area contributed by atoms with Crippen LogP contribution in [0.4, 0.5) is 0 Å². The summed E-state index contributed by atoms with van der Waals surface area (Å²) < 4.78 is 0.